The van der Waals surface area contributed by atoms with Gasteiger partial charge in [-0.1, -0.05) is 0 Å². The standard InChI is InChI=1S/C10H9FN2O2/c1-2-13-9(10(14)15)7-5-6(11)3-4-8(7)12-13/h3-5H,2H2,1H3,(H,14,15). The highest BCUT2D eigenvalue weighted by Gasteiger charge is 2.16. The van der Waals surface area contributed by atoms with Crippen molar-refractivity contribution in [1.82, 2.24) is 9.78 Å². The molecule has 0 fully saturated rings. The molecule has 1 N–H and O–H groups in total. The van der Waals surface area contributed by atoms with Crippen molar-refractivity contribution in [1.29, 1.82) is 0 Å². The van der Waals surface area contributed by atoms with E-state index in [0.29, 0.717) is 17.4 Å². The summed E-state index contributed by atoms with van der Waals surface area (Å²) >= 11 is 0. The molecule has 0 radical (unpaired) electrons. The van der Waals surface area contributed by atoms with Gasteiger partial charge >= 0.3 is 5.97 Å². The maximum absolute atomic E-state index is 13.0. The number of aryl methyl sites for hydroxylation is 1. The molecular weight excluding hydrogens is 199 g/mol. The van der Waals surface area contributed by atoms with E-state index in [-0.39, 0.29) is 5.69 Å². The topological polar surface area (TPSA) is 55.1 Å². The van der Waals surface area contributed by atoms with Gasteiger partial charge < -0.3 is 5.11 Å². The second-order valence-electron chi connectivity index (χ2n) is 3.13. The van der Waals surface area contributed by atoms with Gasteiger partial charge in [0, 0.05) is 11.9 Å². The Morgan fingerprint density at radius 3 is 2.93 bits per heavy atom. The molecule has 0 saturated carbocycles. The van der Waals surface area contributed by atoms with E-state index in [4.69, 9.17) is 5.11 Å². The molecule has 0 aliphatic carbocycles. The zero-order valence-electron chi connectivity index (χ0n) is 8.07. The van der Waals surface area contributed by atoms with Crippen molar-refractivity contribution in [2.45, 2.75) is 13.5 Å². The fourth-order valence-corrected chi connectivity index (χ4v) is 1.56. The van der Waals surface area contributed by atoms with Crippen LogP contribution in [0.2, 0.25) is 0 Å². The van der Waals surface area contributed by atoms with E-state index < -0.39 is 11.8 Å². The Kier molecular flexibility index (Phi) is 2.15. The lowest BCUT2D eigenvalue weighted by Crippen LogP contribution is -2.08. The van der Waals surface area contributed by atoms with E-state index in [2.05, 4.69) is 5.10 Å². The second-order valence-corrected chi connectivity index (χ2v) is 3.13. The maximum Gasteiger partial charge on any atom is 0.354 e. The van der Waals surface area contributed by atoms with Gasteiger partial charge in [-0.2, -0.15) is 5.10 Å². The quantitative estimate of drug-likeness (QED) is 0.819. The minimum Gasteiger partial charge on any atom is -0.477 e. The molecule has 15 heavy (non-hydrogen) atoms. The number of carboxylic acid groups (broad SMARTS) is 1. The van der Waals surface area contributed by atoms with Crippen LogP contribution in [-0.2, 0) is 6.54 Å². The maximum atomic E-state index is 13.0. The van der Waals surface area contributed by atoms with E-state index in [9.17, 15) is 9.18 Å². The number of carbonyl (C=O) groups is 1. The molecule has 0 atom stereocenters. The summed E-state index contributed by atoms with van der Waals surface area (Å²) in [7, 11) is 0. The van der Waals surface area contributed by atoms with E-state index in [1.807, 2.05) is 0 Å². The summed E-state index contributed by atoms with van der Waals surface area (Å²) in [6.07, 6.45) is 0. The van der Waals surface area contributed by atoms with Crippen LogP contribution < -0.4 is 0 Å². The normalized spacial score (nSPS) is 10.8. The fourth-order valence-electron chi connectivity index (χ4n) is 1.56. The number of benzene rings is 1. The van der Waals surface area contributed by atoms with Crippen LogP contribution in [0.5, 0.6) is 0 Å². The number of aromatic carboxylic acids is 1. The van der Waals surface area contributed by atoms with Crippen molar-refractivity contribution in [3.63, 3.8) is 0 Å². The van der Waals surface area contributed by atoms with Crippen LogP contribution in [0.4, 0.5) is 4.39 Å². The van der Waals surface area contributed by atoms with Crippen LogP contribution in [0.3, 0.4) is 0 Å². The number of aromatic nitrogens is 2. The summed E-state index contributed by atoms with van der Waals surface area (Å²) in [5, 5.41) is 13.4. The molecule has 0 bridgehead atoms. The summed E-state index contributed by atoms with van der Waals surface area (Å²) in [5.74, 6) is -1.55. The molecule has 1 aromatic carbocycles. The highest BCUT2D eigenvalue weighted by atomic mass is 19.1. The summed E-state index contributed by atoms with van der Waals surface area (Å²) < 4.78 is 14.3. The van der Waals surface area contributed by atoms with Gasteiger partial charge in [0.2, 0.25) is 0 Å². The number of hydrogen-bond acceptors (Lipinski definition) is 2. The van der Waals surface area contributed by atoms with Crippen molar-refractivity contribution in [3.8, 4) is 0 Å². The first kappa shape index (κ1) is 9.64. The van der Waals surface area contributed by atoms with Gasteiger partial charge in [-0.25, -0.2) is 9.18 Å². The predicted octanol–water partition coefficient (Wildman–Crippen LogP) is 1.89. The molecule has 0 amide bonds. The van der Waals surface area contributed by atoms with Gasteiger partial charge in [0.05, 0.1) is 5.52 Å². The molecule has 5 heteroatoms. The molecular formula is C10H9FN2O2. The molecule has 0 spiro atoms. The molecule has 0 aliphatic heterocycles. The molecule has 0 aliphatic rings. The third-order valence-electron chi connectivity index (χ3n) is 2.20. The van der Waals surface area contributed by atoms with Gasteiger partial charge in [-0.3, -0.25) is 4.68 Å². The molecule has 0 saturated heterocycles. The van der Waals surface area contributed by atoms with Crippen LogP contribution >= 0.6 is 0 Å². The summed E-state index contributed by atoms with van der Waals surface area (Å²) in [6.45, 7) is 2.23. The molecule has 78 valence electrons. The first-order valence-corrected chi connectivity index (χ1v) is 4.53. The molecule has 2 aromatic rings. The average molecular weight is 208 g/mol. The second kappa shape index (κ2) is 3.34. The van der Waals surface area contributed by atoms with Gasteiger partial charge in [-0.15, -0.1) is 0 Å². The average Bonchev–Trinajstić information content (AvgIpc) is 2.55. The summed E-state index contributed by atoms with van der Waals surface area (Å²) in [6, 6.07) is 3.93. The number of hydrogen-bond donors (Lipinski definition) is 1. The van der Waals surface area contributed by atoms with Crippen LogP contribution in [0.1, 0.15) is 17.4 Å². The molecule has 2 rings (SSSR count). The highest BCUT2D eigenvalue weighted by molar-refractivity contribution is 6.01. The third-order valence-corrected chi connectivity index (χ3v) is 2.20. The van der Waals surface area contributed by atoms with Gasteiger partial charge in [0.15, 0.2) is 5.69 Å². The van der Waals surface area contributed by atoms with E-state index in [1.54, 1.807) is 6.92 Å². The van der Waals surface area contributed by atoms with E-state index in [1.165, 1.54) is 22.9 Å². The number of rotatable bonds is 2. The summed E-state index contributed by atoms with van der Waals surface area (Å²) in [4.78, 5) is 11.0. The van der Waals surface area contributed by atoms with Crippen LogP contribution in [-0.4, -0.2) is 20.9 Å². The monoisotopic (exact) mass is 208 g/mol. The number of fused-ring (bicyclic) bond motifs is 1. The smallest absolute Gasteiger partial charge is 0.354 e. The zero-order valence-corrected chi connectivity index (χ0v) is 8.07. The van der Waals surface area contributed by atoms with E-state index in [0.717, 1.165) is 0 Å². The fraction of sp³-hybridized carbons (Fsp3) is 0.200. The van der Waals surface area contributed by atoms with Crippen LogP contribution in [0.25, 0.3) is 10.9 Å². The SMILES string of the molecule is CCn1nc2ccc(F)cc2c1C(=O)O. The zero-order chi connectivity index (χ0) is 11.0. The molecule has 1 aromatic heterocycles. The van der Waals surface area contributed by atoms with Crippen molar-refractivity contribution in [2.24, 2.45) is 0 Å². The minimum atomic E-state index is -1.09. The Balaban J connectivity index is 2.82. The predicted molar refractivity (Wildman–Crippen MR) is 52.3 cm³/mol. The Labute approximate surface area is 84.9 Å². The molecule has 0 unspecified atom stereocenters. The highest BCUT2D eigenvalue weighted by Crippen LogP contribution is 2.19. The molecule has 1 heterocycles. The van der Waals surface area contributed by atoms with Crippen molar-refractivity contribution >= 4 is 16.9 Å². The number of halogens is 1. The van der Waals surface area contributed by atoms with Gasteiger partial charge in [0.25, 0.3) is 0 Å². The Bertz CT molecular complexity index is 533. The Morgan fingerprint density at radius 1 is 1.60 bits per heavy atom. The van der Waals surface area contributed by atoms with Crippen LogP contribution in [0.15, 0.2) is 18.2 Å². The lowest BCUT2D eigenvalue weighted by molar-refractivity contribution is 0.0685. The Hall–Kier alpha value is -1.91. The van der Waals surface area contributed by atoms with Crippen molar-refractivity contribution in [2.75, 3.05) is 0 Å². The number of carboxylic acids is 1. The molecule has 4 nitrogen and oxygen atoms in total. The van der Waals surface area contributed by atoms with Crippen molar-refractivity contribution in [3.05, 3.63) is 29.7 Å². The lowest BCUT2D eigenvalue weighted by atomic mass is 10.2. The third kappa shape index (κ3) is 1.45. The van der Waals surface area contributed by atoms with Crippen LogP contribution in [0, 0.1) is 5.82 Å². The van der Waals surface area contributed by atoms with Gasteiger partial charge in [-0.05, 0) is 25.1 Å². The summed E-state index contributed by atoms with van der Waals surface area (Å²) in [5.41, 5.74) is 0.530. The largest absolute Gasteiger partial charge is 0.477 e. The van der Waals surface area contributed by atoms with E-state index >= 15 is 0 Å². The number of nitrogens with zero attached hydrogens (tertiary/aromatic N) is 2. The van der Waals surface area contributed by atoms with Gasteiger partial charge in [0.1, 0.15) is 5.82 Å². The lowest BCUT2D eigenvalue weighted by Gasteiger charge is -1.98. The first-order chi connectivity index (χ1) is 7.13. The van der Waals surface area contributed by atoms with Crippen molar-refractivity contribution < 1.29 is 14.3 Å². The Morgan fingerprint density at radius 2 is 2.33 bits per heavy atom. The minimum absolute atomic E-state index is 0.0343. The first-order valence-electron chi connectivity index (χ1n) is 4.53.